The normalized spacial score (nSPS) is 10.9. The zero-order valence-corrected chi connectivity index (χ0v) is 17.3. The average Bonchev–Trinajstić information content (AvgIpc) is 2.81. The van der Waals surface area contributed by atoms with Crippen molar-refractivity contribution in [1.29, 1.82) is 0 Å². The molecule has 7 heteroatoms. The fourth-order valence-electron chi connectivity index (χ4n) is 2.87. The van der Waals surface area contributed by atoms with Gasteiger partial charge in [-0.3, -0.25) is 14.3 Å². The summed E-state index contributed by atoms with van der Waals surface area (Å²) in [6.45, 7) is 8.96. The fraction of sp³-hybridized carbons (Fsp3) is 0.450. The topological polar surface area (TPSA) is 67.2 Å². The monoisotopic (exact) mass is 390 g/mol. The number of aryl methyl sites for hydroxylation is 1. The number of aromatic nitrogens is 2. The van der Waals surface area contributed by atoms with Crippen LogP contribution in [0.5, 0.6) is 0 Å². The molecular formula is C20H27ClN4O2. The van der Waals surface area contributed by atoms with Crippen LogP contribution in [0.3, 0.4) is 0 Å². The Balaban J connectivity index is 1.97. The number of carbonyl (C=O) groups is 2. The van der Waals surface area contributed by atoms with Gasteiger partial charge in [0.05, 0.1) is 18.7 Å². The molecule has 146 valence electrons. The second kappa shape index (κ2) is 9.04. The Labute approximate surface area is 165 Å². The summed E-state index contributed by atoms with van der Waals surface area (Å²) in [6.07, 6.45) is 0.233. The number of nitrogens with zero attached hydrogens (tertiary/aromatic N) is 3. The second-order valence-corrected chi connectivity index (χ2v) is 7.65. The number of benzene rings is 1. The molecule has 2 amide bonds. The maximum absolute atomic E-state index is 12.6. The zero-order valence-electron chi connectivity index (χ0n) is 16.5. The first-order valence-electron chi connectivity index (χ1n) is 8.99. The Hall–Kier alpha value is -2.34. The Kier molecular flexibility index (Phi) is 7.02. The van der Waals surface area contributed by atoms with Crippen molar-refractivity contribution in [3.05, 3.63) is 46.2 Å². The molecule has 0 radical (unpaired) electrons. The van der Waals surface area contributed by atoms with Gasteiger partial charge in [0.2, 0.25) is 11.8 Å². The molecule has 27 heavy (non-hydrogen) atoms. The summed E-state index contributed by atoms with van der Waals surface area (Å²) in [5.41, 5.74) is 3.40. The van der Waals surface area contributed by atoms with Gasteiger partial charge in [-0.15, -0.1) is 0 Å². The lowest BCUT2D eigenvalue weighted by Crippen LogP contribution is -2.36. The molecule has 0 saturated heterocycles. The van der Waals surface area contributed by atoms with Crippen molar-refractivity contribution in [1.82, 2.24) is 14.7 Å². The SMILES string of the molecule is Cc1nn(CC(C)C)c(C)c1CC(=O)N(C)CC(=O)Nc1cccc(Cl)c1. The van der Waals surface area contributed by atoms with Crippen LogP contribution in [-0.4, -0.2) is 40.1 Å². The van der Waals surface area contributed by atoms with Crippen LogP contribution >= 0.6 is 11.6 Å². The van der Waals surface area contributed by atoms with Crippen LogP contribution in [-0.2, 0) is 22.6 Å². The lowest BCUT2D eigenvalue weighted by molar-refractivity contribution is -0.132. The Bertz CT molecular complexity index is 829. The number of anilines is 1. The third kappa shape index (κ3) is 5.82. The molecule has 1 heterocycles. The van der Waals surface area contributed by atoms with Gasteiger partial charge in [-0.25, -0.2) is 0 Å². The summed E-state index contributed by atoms with van der Waals surface area (Å²) in [5.74, 6) is 0.0908. The number of nitrogens with one attached hydrogen (secondary N) is 1. The highest BCUT2D eigenvalue weighted by Gasteiger charge is 2.19. The molecule has 1 aromatic carbocycles. The molecule has 2 rings (SSSR count). The van der Waals surface area contributed by atoms with E-state index in [0.29, 0.717) is 16.6 Å². The van der Waals surface area contributed by atoms with Gasteiger partial charge < -0.3 is 10.2 Å². The van der Waals surface area contributed by atoms with Crippen LogP contribution in [0.4, 0.5) is 5.69 Å². The minimum atomic E-state index is -0.267. The van der Waals surface area contributed by atoms with Crippen molar-refractivity contribution in [3.8, 4) is 0 Å². The molecule has 0 saturated carbocycles. The summed E-state index contributed by atoms with van der Waals surface area (Å²) in [7, 11) is 1.63. The predicted molar refractivity (Wildman–Crippen MR) is 108 cm³/mol. The zero-order chi connectivity index (χ0) is 20.1. The third-order valence-corrected chi connectivity index (χ3v) is 4.55. The number of carbonyl (C=O) groups excluding carboxylic acids is 2. The summed E-state index contributed by atoms with van der Waals surface area (Å²) in [6, 6.07) is 6.91. The average molecular weight is 391 g/mol. The molecular weight excluding hydrogens is 364 g/mol. The molecule has 0 unspecified atom stereocenters. The van der Waals surface area contributed by atoms with Crippen molar-refractivity contribution < 1.29 is 9.59 Å². The summed E-state index contributed by atoms with van der Waals surface area (Å²) >= 11 is 5.91. The van der Waals surface area contributed by atoms with Crippen molar-refractivity contribution in [2.45, 2.75) is 40.7 Å². The molecule has 0 spiro atoms. The largest absolute Gasteiger partial charge is 0.336 e. The lowest BCUT2D eigenvalue weighted by atomic mass is 10.1. The van der Waals surface area contributed by atoms with Crippen LogP contribution in [0.1, 0.15) is 30.8 Å². The molecule has 0 aliphatic rings. The van der Waals surface area contributed by atoms with E-state index in [4.69, 9.17) is 11.6 Å². The van der Waals surface area contributed by atoms with E-state index < -0.39 is 0 Å². The first-order valence-corrected chi connectivity index (χ1v) is 9.37. The standard InChI is InChI=1S/C20H27ClN4O2/c1-13(2)11-25-15(4)18(14(3)23-25)10-20(27)24(5)12-19(26)22-17-8-6-7-16(21)9-17/h6-9,13H,10-12H2,1-5H3,(H,22,26). The minimum absolute atomic E-state index is 0.0242. The van der Waals surface area contributed by atoms with Crippen LogP contribution in [0, 0.1) is 19.8 Å². The Morgan fingerprint density at radius 2 is 2.00 bits per heavy atom. The van der Waals surface area contributed by atoms with Gasteiger partial charge in [0, 0.05) is 35.6 Å². The number of amides is 2. The predicted octanol–water partition coefficient (Wildman–Crippen LogP) is 3.45. The highest BCUT2D eigenvalue weighted by atomic mass is 35.5. The molecule has 0 bridgehead atoms. The van der Waals surface area contributed by atoms with E-state index in [-0.39, 0.29) is 24.8 Å². The van der Waals surface area contributed by atoms with Crippen molar-refractivity contribution in [2.24, 2.45) is 5.92 Å². The number of rotatable bonds is 7. The number of hydrogen-bond donors (Lipinski definition) is 1. The first-order chi connectivity index (χ1) is 12.7. The molecule has 0 aliphatic carbocycles. The van der Waals surface area contributed by atoms with Gasteiger partial charge >= 0.3 is 0 Å². The summed E-state index contributed by atoms with van der Waals surface area (Å²) in [5, 5.41) is 7.83. The highest BCUT2D eigenvalue weighted by Crippen LogP contribution is 2.17. The van der Waals surface area contributed by atoms with E-state index in [1.807, 2.05) is 18.5 Å². The number of likely N-dealkylation sites (N-methyl/N-ethyl adjacent to an activating group) is 1. The van der Waals surface area contributed by atoms with Gasteiger partial charge in [-0.2, -0.15) is 5.10 Å². The molecule has 0 atom stereocenters. The first kappa shape index (κ1) is 21.0. The van der Waals surface area contributed by atoms with Gasteiger partial charge in [-0.05, 0) is 38.0 Å². The molecule has 0 aliphatic heterocycles. The van der Waals surface area contributed by atoms with Crippen LogP contribution in [0.15, 0.2) is 24.3 Å². The highest BCUT2D eigenvalue weighted by molar-refractivity contribution is 6.30. The Morgan fingerprint density at radius 1 is 1.30 bits per heavy atom. The van der Waals surface area contributed by atoms with Crippen LogP contribution in [0.2, 0.25) is 5.02 Å². The van der Waals surface area contributed by atoms with Crippen molar-refractivity contribution in [2.75, 3.05) is 18.9 Å². The summed E-state index contributed by atoms with van der Waals surface area (Å²) in [4.78, 5) is 26.2. The minimum Gasteiger partial charge on any atom is -0.336 e. The van der Waals surface area contributed by atoms with E-state index in [1.54, 1.807) is 31.3 Å². The molecule has 0 fully saturated rings. The van der Waals surface area contributed by atoms with E-state index in [9.17, 15) is 9.59 Å². The van der Waals surface area contributed by atoms with E-state index in [1.165, 1.54) is 4.90 Å². The van der Waals surface area contributed by atoms with Gasteiger partial charge in [-0.1, -0.05) is 31.5 Å². The lowest BCUT2D eigenvalue weighted by Gasteiger charge is -2.17. The summed E-state index contributed by atoms with van der Waals surface area (Å²) < 4.78 is 1.95. The fourth-order valence-corrected chi connectivity index (χ4v) is 3.06. The van der Waals surface area contributed by atoms with Crippen LogP contribution in [0.25, 0.3) is 0 Å². The van der Waals surface area contributed by atoms with E-state index in [0.717, 1.165) is 23.5 Å². The van der Waals surface area contributed by atoms with Gasteiger partial charge in [0.15, 0.2) is 0 Å². The maximum Gasteiger partial charge on any atom is 0.243 e. The number of halogens is 1. The van der Waals surface area contributed by atoms with Crippen LogP contribution < -0.4 is 5.32 Å². The molecule has 1 aromatic heterocycles. The molecule has 2 aromatic rings. The Morgan fingerprint density at radius 3 is 2.63 bits per heavy atom. The van der Waals surface area contributed by atoms with Crippen molar-refractivity contribution in [3.63, 3.8) is 0 Å². The van der Waals surface area contributed by atoms with Crippen molar-refractivity contribution >= 4 is 29.1 Å². The number of hydrogen-bond acceptors (Lipinski definition) is 3. The quantitative estimate of drug-likeness (QED) is 0.787. The maximum atomic E-state index is 12.6. The third-order valence-electron chi connectivity index (χ3n) is 4.31. The van der Waals surface area contributed by atoms with Gasteiger partial charge in [0.1, 0.15) is 0 Å². The molecule has 6 nitrogen and oxygen atoms in total. The van der Waals surface area contributed by atoms with E-state index >= 15 is 0 Å². The molecule has 1 N–H and O–H groups in total. The van der Waals surface area contributed by atoms with E-state index in [2.05, 4.69) is 24.3 Å². The smallest absolute Gasteiger partial charge is 0.243 e. The van der Waals surface area contributed by atoms with Gasteiger partial charge in [0.25, 0.3) is 0 Å². The second-order valence-electron chi connectivity index (χ2n) is 7.21.